The Bertz CT molecular complexity index is 442. The monoisotopic (exact) mass is 283 g/mol. The first-order chi connectivity index (χ1) is 9.06. The van der Waals surface area contributed by atoms with Crippen molar-refractivity contribution in [3.8, 4) is 5.75 Å². The van der Waals surface area contributed by atoms with E-state index in [1.54, 1.807) is 17.0 Å². The molecule has 1 saturated heterocycles. The number of hydrogen-bond acceptors (Lipinski definition) is 3. The highest BCUT2D eigenvalue weighted by atomic mass is 35.5. The fourth-order valence-corrected chi connectivity index (χ4v) is 2.36. The lowest BCUT2D eigenvalue weighted by atomic mass is 10.2. The van der Waals surface area contributed by atoms with E-state index in [9.17, 15) is 4.79 Å². The molecule has 1 aliphatic heterocycles. The van der Waals surface area contributed by atoms with Crippen LogP contribution in [0, 0.1) is 0 Å². The van der Waals surface area contributed by atoms with Crippen LogP contribution < -0.4 is 4.74 Å². The van der Waals surface area contributed by atoms with Gasteiger partial charge in [-0.1, -0.05) is 23.7 Å². The second-order valence-corrected chi connectivity index (χ2v) is 5.18. The average Bonchev–Trinajstić information content (AvgIpc) is 2.36. The molecule has 1 aromatic carbocycles. The van der Waals surface area contributed by atoms with Gasteiger partial charge in [-0.25, -0.2) is 0 Å². The number of carbonyl (C=O) groups excluding carboxylic acids is 1. The number of amides is 1. The van der Waals surface area contributed by atoms with Gasteiger partial charge in [0.05, 0.1) is 17.2 Å². The number of ether oxygens (including phenoxy) is 2. The summed E-state index contributed by atoms with van der Waals surface area (Å²) in [5.41, 5.74) is 0. The lowest BCUT2D eigenvalue weighted by Crippen LogP contribution is -2.49. The Morgan fingerprint density at radius 3 is 2.63 bits per heavy atom. The molecule has 0 radical (unpaired) electrons. The molecular weight excluding hydrogens is 266 g/mol. The van der Waals surface area contributed by atoms with Crippen LogP contribution >= 0.6 is 11.6 Å². The van der Waals surface area contributed by atoms with Crippen molar-refractivity contribution in [1.29, 1.82) is 0 Å². The molecule has 0 aromatic heterocycles. The van der Waals surface area contributed by atoms with E-state index in [1.165, 1.54) is 0 Å². The van der Waals surface area contributed by atoms with Crippen LogP contribution in [0.1, 0.15) is 13.8 Å². The summed E-state index contributed by atoms with van der Waals surface area (Å²) in [5, 5.41) is 0.513. The SMILES string of the molecule is C[C@@H]1CN(C(=O)COc2ccccc2Cl)C[C@H](C)O1. The maximum absolute atomic E-state index is 12.1. The molecule has 0 spiro atoms. The Labute approximate surface area is 118 Å². The molecule has 1 fully saturated rings. The van der Waals surface area contributed by atoms with Crippen molar-refractivity contribution in [2.24, 2.45) is 0 Å². The molecule has 4 nitrogen and oxygen atoms in total. The Morgan fingerprint density at radius 2 is 2.00 bits per heavy atom. The van der Waals surface area contributed by atoms with Gasteiger partial charge in [-0.2, -0.15) is 0 Å². The van der Waals surface area contributed by atoms with Gasteiger partial charge in [-0.05, 0) is 26.0 Å². The largest absolute Gasteiger partial charge is 0.482 e. The Morgan fingerprint density at radius 1 is 1.37 bits per heavy atom. The van der Waals surface area contributed by atoms with E-state index >= 15 is 0 Å². The van der Waals surface area contributed by atoms with Gasteiger partial charge in [0, 0.05) is 13.1 Å². The van der Waals surface area contributed by atoms with Crippen molar-refractivity contribution in [2.45, 2.75) is 26.1 Å². The minimum absolute atomic E-state index is 0.00315. The first kappa shape index (κ1) is 14.2. The van der Waals surface area contributed by atoms with Gasteiger partial charge in [0.2, 0.25) is 0 Å². The molecule has 0 aliphatic carbocycles. The van der Waals surface area contributed by atoms with E-state index in [4.69, 9.17) is 21.1 Å². The normalized spacial score (nSPS) is 23.2. The number of benzene rings is 1. The predicted molar refractivity (Wildman–Crippen MR) is 73.5 cm³/mol. The van der Waals surface area contributed by atoms with Gasteiger partial charge >= 0.3 is 0 Å². The number of rotatable bonds is 3. The van der Waals surface area contributed by atoms with Crippen LogP contribution in [-0.4, -0.2) is 42.7 Å². The molecule has 0 saturated carbocycles. The highest BCUT2D eigenvalue weighted by molar-refractivity contribution is 6.32. The van der Waals surface area contributed by atoms with Crippen LogP contribution in [0.15, 0.2) is 24.3 Å². The van der Waals surface area contributed by atoms with Crippen molar-refractivity contribution >= 4 is 17.5 Å². The van der Waals surface area contributed by atoms with E-state index in [-0.39, 0.29) is 24.7 Å². The Hall–Kier alpha value is -1.26. The van der Waals surface area contributed by atoms with Crippen molar-refractivity contribution in [3.05, 3.63) is 29.3 Å². The summed E-state index contributed by atoms with van der Waals surface area (Å²) in [4.78, 5) is 13.8. The Kier molecular flexibility index (Phi) is 4.66. The zero-order chi connectivity index (χ0) is 13.8. The third-order valence-electron chi connectivity index (χ3n) is 2.96. The van der Waals surface area contributed by atoms with Gasteiger partial charge < -0.3 is 14.4 Å². The number of para-hydroxylation sites is 1. The summed E-state index contributed by atoms with van der Waals surface area (Å²) >= 11 is 5.97. The van der Waals surface area contributed by atoms with Crippen LogP contribution in [0.5, 0.6) is 5.75 Å². The van der Waals surface area contributed by atoms with Crippen molar-refractivity contribution < 1.29 is 14.3 Å². The van der Waals surface area contributed by atoms with Gasteiger partial charge in [-0.3, -0.25) is 4.79 Å². The first-order valence-electron chi connectivity index (χ1n) is 6.37. The molecule has 0 unspecified atom stereocenters. The molecule has 0 bridgehead atoms. The first-order valence-corrected chi connectivity index (χ1v) is 6.74. The molecule has 5 heteroatoms. The molecule has 2 rings (SSSR count). The molecule has 19 heavy (non-hydrogen) atoms. The summed E-state index contributed by atoms with van der Waals surface area (Å²) in [7, 11) is 0. The smallest absolute Gasteiger partial charge is 0.260 e. The third kappa shape index (κ3) is 3.85. The molecule has 1 aromatic rings. The quantitative estimate of drug-likeness (QED) is 0.855. The molecule has 2 atom stereocenters. The van der Waals surface area contributed by atoms with Crippen molar-refractivity contribution in [2.75, 3.05) is 19.7 Å². The maximum Gasteiger partial charge on any atom is 0.260 e. The summed E-state index contributed by atoms with van der Waals surface area (Å²) in [6.45, 7) is 5.14. The molecular formula is C14H18ClNO3. The van der Waals surface area contributed by atoms with E-state index in [0.29, 0.717) is 23.9 Å². The zero-order valence-electron chi connectivity index (χ0n) is 11.1. The minimum atomic E-state index is -0.0399. The predicted octanol–water partition coefficient (Wildman–Crippen LogP) is 2.35. The highest BCUT2D eigenvalue weighted by Crippen LogP contribution is 2.23. The number of nitrogens with zero attached hydrogens (tertiary/aromatic N) is 1. The van der Waals surface area contributed by atoms with Crippen LogP contribution in [0.4, 0.5) is 0 Å². The molecule has 1 amide bonds. The highest BCUT2D eigenvalue weighted by Gasteiger charge is 2.26. The van der Waals surface area contributed by atoms with Crippen LogP contribution in [-0.2, 0) is 9.53 Å². The second kappa shape index (κ2) is 6.26. The van der Waals surface area contributed by atoms with Gasteiger partial charge in [-0.15, -0.1) is 0 Å². The Balaban J connectivity index is 1.89. The number of hydrogen-bond donors (Lipinski definition) is 0. The number of carbonyl (C=O) groups is 1. The van der Waals surface area contributed by atoms with Gasteiger partial charge in [0.1, 0.15) is 5.75 Å². The summed E-state index contributed by atoms with van der Waals surface area (Å²) in [6, 6.07) is 7.13. The van der Waals surface area contributed by atoms with Crippen molar-refractivity contribution in [1.82, 2.24) is 4.90 Å². The van der Waals surface area contributed by atoms with Gasteiger partial charge in [0.15, 0.2) is 6.61 Å². The lowest BCUT2D eigenvalue weighted by molar-refractivity contribution is -0.145. The molecule has 1 aliphatic rings. The number of halogens is 1. The standard InChI is InChI=1S/C14H18ClNO3/c1-10-7-16(8-11(2)19-10)14(17)9-18-13-6-4-3-5-12(13)15/h3-6,10-11H,7-9H2,1-2H3/t10-,11+. The van der Waals surface area contributed by atoms with E-state index in [2.05, 4.69) is 0 Å². The fraction of sp³-hybridized carbons (Fsp3) is 0.500. The van der Waals surface area contributed by atoms with Crippen molar-refractivity contribution in [3.63, 3.8) is 0 Å². The number of morpholine rings is 1. The zero-order valence-corrected chi connectivity index (χ0v) is 11.9. The molecule has 0 N–H and O–H groups in total. The lowest BCUT2D eigenvalue weighted by Gasteiger charge is -2.35. The molecule has 104 valence electrons. The van der Waals surface area contributed by atoms with Crippen LogP contribution in [0.2, 0.25) is 5.02 Å². The summed E-state index contributed by atoms with van der Waals surface area (Å²) in [6.07, 6.45) is 0.126. The minimum Gasteiger partial charge on any atom is -0.482 e. The summed E-state index contributed by atoms with van der Waals surface area (Å²) in [5.74, 6) is 0.494. The topological polar surface area (TPSA) is 38.8 Å². The maximum atomic E-state index is 12.1. The van der Waals surface area contributed by atoms with Crippen LogP contribution in [0.3, 0.4) is 0 Å². The fourth-order valence-electron chi connectivity index (χ4n) is 2.17. The van der Waals surface area contributed by atoms with E-state index in [1.807, 2.05) is 26.0 Å². The van der Waals surface area contributed by atoms with Gasteiger partial charge in [0.25, 0.3) is 5.91 Å². The molecule has 1 heterocycles. The summed E-state index contributed by atoms with van der Waals surface area (Å²) < 4.78 is 11.1. The second-order valence-electron chi connectivity index (χ2n) is 4.78. The van der Waals surface area contributed by atoms with Crippen LogP contribution in [0.25, 0.3) is 0 Å². The third-order valence-corrected chi connectivity index (χ3v) is 3.27. The van der Waals surface area contributed by atoms with E-state index < -0.39 is 0 Å². The average molecular weight is 284 g/mol. The van der Waals surface area contributed by atoms with E-state index in [0.717, 1.165) is 0 Å².